The van der Waals surface area contributed by atoms with Gasteiger partial charge in [-0.15, -0.1) is 0 Å². The summed E-state index contributed by atoms with van der Waals surface area (Å²) in [6.45, 7) is 7.18. The van der Waals surface area contributed by atoms with E-state index in [1.807, 2.05) is 13.0 Å². The number of hydrogen-bond acceptors (Lipinski definition) is 5. The number of para-hydroxylation sites is 1. The molecule has 0 spiro atoms. The van der Waals surface area contributed by atoms with Crippen LogP contribution in [0.25, 0.3) is 0 Å². The number of morpholine rings is 1. The van der Waals surface area contributed by atoms with Crippen molar-refractivity contribution in [2.24, 2.45) is 0 Å². The highest BCUT2D eigenvalue weighted by Gasteiger charge is 2.15. The van der Waals surface area contributed by atoms with Gasteiger partial charge in [0, 0.05) is 25.7 Å². The molecular weight excluding hydrogens is 258 g/mol. The molecule has 0 amide bonds. The van der Waals surface area contributed by atoms with E-state index in [-0.39, 0.29) is 10.6 Å². The van der Waals surface area contributed by atoms with E-state index in [1.165, 1.54) is 6.07 Å². The van der Waals surface area contributed by atoms with E-state index < -0.39 is 0 Å². The van der Waals surface area contributed by atoms with Gasteiger partial charge in [-0.3, -0.25) is 15.0 Å². The normalized spacial score (nSPS) is 16.1. The average Bonchev–Trinajstić information content (AvgIpc) is 2.45. The molecule has 0 radical (unpaired) electrons. The third kappa shape index (κ3) is 3.91. The Hall–Kier alpha value is -1.66. The van der Waals surface area contributed by atoms with Crippen molar-refractivity contribution in [3.05, 3.63) is 33.9 Å². The van der Waals surface area contributed by atoms with Crippen molar-refractivity contribution in [2.75, 3.05) is 44.7 Å². The SMILES string of the molecule is Cc1cccc([N+](=O)[O-])c1NCCCN1CCOCC1. The number of nitro groups is 1. The first-order chi connectivity index (χ1) is 9.68. The van der Waals surface area contributed by atoms with Crippen molar-refractivity contribution >= 4 is 11.4 Å². The highest BCUT2D eigenvalue weighted by atomic mass is 16.6. The van der Waals surface area contributed by atoms with Gasteiger partial charge in [0.2, 0.25) is 0 Å². The molecule has 0 bridgehead atoms. The summed E-state index contributed by atoms with van der Waals surface area (Å²) in [4.78, 5) is 13.0. The molecular formula is C14H21N3O3. The number of anilines is 1. The summed E-state index contributed by atoms with van der Waals surface area (Å²) in [7, 11) is 0. The summed E-state index contributed by atoms with van der Waals surface area (Å²) in [6, 6.07) is 5.14. The molecule has 6 heteroatoms. The predicted molar refractivity (Wildman–Crippen MR) is 78.2 cm³/mol. The van der Waals surface area contributed by atoms with Gasteiger partial charge in [0.1, 0.15) is 5.69 Å². The minimum Gasteiger partial charge on any atom is -0.379 e. The van der Waals surface area contributed by atoms with E-state index in [0.29, 0.717) is 5.69 Å². The molecule has 0 atom stereocenters. The zero-order valence-corrected chi connectivity index (χ0v) is 11.8. The van der Waals surface area contributed by atoms with Gasteiger partial charge < -0.3 is 10.1 Å². The summed E-state index contributed by atoms with van der Waals surface area (Å²) < 4.78 is 5.30. The number of nitrogens with one attached hydrogen (secondary N) is 1. The van der Waals surface area contributed by atoms with E-state index in [4.69, 9.17) is 4.74 Å². The molecule has 2 rings (SSSR count). The Balaban J connectivity index is 1.83. The van der Waals surface area contributed by atoms with E-state index >= 15 is 0 Å². The second-order valence-electron chi connectivity index (χ2n) is 4.96. The second-order valence-corrected chi connectivity index (χ2v) is 4.96. The molecule has 1 aromatic rings. The Morgan fingerprint density at radius 1 is 1.40 bits per heavy atom. The quantitative estimate of drug-likeness (QED) is 0.490. The van der Waals surface area contributed by atoms with Crippen molar-refractivity contribution in [1.29, 1.82) is 0 Å². The number of hydrogen-bond donors (Lipinski definition) is 1. The van der Waals surface area contributed by atoms with Crippen molar-refractivity contribution in [2.45, 2.75) is 13.3 Å². The van der Waals surface area contributed by atoms with Crippen LogP contribution < -0.4 is 5.32 Å². The van der Waals surface area contributed by atoms with Crippen LogP contribution in [0.4, 0.5) is 11.4 Å². The fourth-order valence-electron chi connectivity index (χ4n) is 2.38. The Bertz CT molecular complexity index is 459. The van der Waals surface area contributed by atoms with Crippen LogP contribution in [0.3, 0.4) is 0 Å². The summed E-state index contributed by atoms with van der Waals surface area (Å²) in [5, 5.41) is 14.2. The zero-order valence-electron chi connectivity index (χ0n) is 11.8. The molecule has 20 heavy (non-hydrogen) atoms. The van der Waals surface area contributed by atoms with Crippen LogP contribution in [0.15, 0.2) is 18.2 Å². The molecule has 1 saturated heterocycles. The maximum absolute atomic E-state index is 11.0. The van der Waals surface area contributed by atoms with Gasteiger partial charge in [-0.2, -0.15) is 0 Å². The standard InChI is InChI=1S/C14H21N3O3/c1-12-4-2-5-13(17(18)19)14(12)15-6-3-7-16-8-10-20-11-9-16/h2,4-5,15H,3,6-11H2,1H3. The molecule has 1 N–H and O–H groups in total. The lowest BCUT2D eigenvalue weighted by Crippen LogP contribution is -2.37. The average molecular weight is 279 g/mol. The molecule has 1 heterocycles. The summed E-state index contributed by atoms with van der Waals surface area (Å²) in [5.74, 6) is 0. The minimum atomic E-state index is -0.336. The highest BCUT2D eigenvalue weighted by molar-refractivity contribution is 5.65. The number of ether oxygens (including phenoxy) is 1. The van der Waals surface area contributed by atoms with Gasteiger partial charge in [0.05, 0.1) is 18.1 Å². The van der Waals surface area contributed by atoms with Crippen LogP contribution in [0, 0.1) is 17.0 Å². The van der Waals surface area contributed by atoms with Gasteiger partial charge in [0.25, 0.3) is 5.69 Å². The van der Waals surface area contributed by atoms with E-state index in [2.05, 4.69) is 10.2 Å². The van der Waals surface area contributed by atoms with Gasteiger partial charge in [0.15, 0.2) is 0 Å². The molecule has 1 aliphatic rings. The number of aryl methyl sites for hydroxylation is 1. The van der Waals surface area contributed by atoms with Crippen molar-refractivity contribution in [1.82, 2.24) is 4.90 Å². The van der Waals surface area contributed by atoms with Crippen LogP contribution in [-0.2, 0) is 4.74 Å². The van der Waals surface area contributed by atoms with Crippen LogP contribution in [0.1, 0.15) is 12.0 Å². The van der Waals surface area contributed by atoms with E-state index in [0.717, 1.165) is 51.4 Å². The Morgan fingerprint density at radius 3 is 2.85 bits per heavy atom. The van der Waals surface area contributed by atoms with Crippen LogP contribution in [0.2, 0.25) is 0 Å². The van der Waals surface area contributed by atoms with Crippen LogP contribution >= 0.6 is 0 Å². The van der Waals surface area contributed by atoms with Gasteiger partial charge >= 0.3 is 0 Å². The summed E-state index contributed by atoms with van der Waals surface area (Å²) >= 11 is 0. The topological polar surface area (TPSA) is 67.6 Å². The third-order valence-corrected chi connectivity index (χ3v) is 3.50. The minimum absolute atomic E-state index is 0.149. The predicted octanol–water partition coefficient (Wildman–Crippen LogP) is 2.04. The maximum atomic E-state index is 11.0. The molecule has 0 saturated carbocycles. The first-order valence-electron chi connectivity index (χ1n) is 6.96. The third-order valence-electron chi connectivity index (χ3n) is 3.50. The van der Waals surface area contributed by atoms with E-state index in [9.17, 15) is 10.1 Å². The molecule has 0 unspecified atom stereocenters. The molecule has 1 aliphatic heterocycles. The number of benzene rings is 1. The van der Waals surface area contributed by atoms with Crippen molar-refractivity contribution in [3.63, 3.8) is 0 Å². The molecule has 0 aliphatic carbocycles. The fraction of sp³-hybridized carbons (Fsp3) is 0.571. The largest absolute Gasteiger partial charge is 0.379 e. The molecule has 0 aromatic heterocycles. The number of nitrogens with zero attached hydrogens (tertiary/aromatic N) is 2. The second kappa shape index (κ2) is 7.21. The number of rotatable bonds is 6. The van der Waals surface area contributed by atoms with Gasteiger partial charge in [-0.05, 0) is 25.5 Å². The molecule has 110 valence electrons. The highest BCUT2D eigenvalue weighted by Crippen LogP contribution is 2.27. The summed E-state index contributed by atoms with van der Waals surface area (Å²) in [5.41, 5.74) is 1.70. The lowest BCUT2D eigenvalue weighted by Gasteiger charge is -2.26. The lowest BCUT2D eigenvalue weighted by molar-refractivity contribution is -0.384. The fourth-order valence-corrected chi connectivity index (χ4v) is 2.38. The van der Waals surface area contributed by atoms with Gasteiger partial charge in [-0.25, -0.2) is 0 Å². The van der Waals surface area contributed by atoms with Crippen LogP contribution in [-0.4, -0.2) is 49.2 Å². The molecule has 6 nitrogen and oxygen atoms in total. The first kappa shape index (κ1) is 14.7. The zero-order chi connectivity index (χ0) is 14.4. The number of nitro benzene ring substituents is 1. The van der Waals surface area contributed by atoms with Gasteiger partial charge in [-0.1, -0.05) is 12.1 Å². The Labute approximate surface area is 118 Å². The van der Waals surface area contributed by atoms with E-state index in [1.54, 1.807) is 6.07 Å². The Kier molecular flexibility index (Phi) is 5.31. The van der Waals surface area contributed by atoms with Crippen molar-refractivity contribution < 1.29 is 9.66 Å². The van der Waals surface area contributed by atoms with Crippen molar-refractivity contribution in [3.8, 4) is 0 Å². The lowest BCUT2D eigenvalue weighted by atomic mass is 10.1. The first-order valence-corrected chi connectivity index (χ1v) is 6.96. The monoisotopic (exact) mass is 279 g/mol. The molecule has 1 fully saturated rings. The maximum Gasteiger partial charge on any atom is 0.292 e. The smallest absolute Gasteiger partial charge is 0.292 e. The summed E-state index contributed by atoms with van der Waals surface area (Å²) in [6.07, 6.45) is 0.964. The van der Waals surface area contributed by atoms with Crippen LogP contribution in [0.5, 0.6) is 0 Å². The molecule has 1 aromatic carbocycles. The Morgan fingerprint density at radius 2 is 2.15 bits per heavy atom.